The van der Waals surface area contributed by atoms with Crippen molar-refractivity contribution in [2.24, 2.45) is 16.5 Å². The van der Waals surface area contributed by atoms with Crippen LogP contribution in [0.4, 0.5) is 0 Å². The molecule has 1 aromatic carbocycles. The van der Waals surface area contributed by atoms with E-state index >= 15 is 0 Å². The molecular weight excluding hydrogens is 344 g/mol. The van der Waals surface area contributed by atoms with Gasteiger partial charge in [0.2, 0.25) is 0 Å². The number of nitrogens with zero attached hydrogens (tertiary/aromatic N) is 1. The zero-order valence-corrected chi connectivity index (χ0v) is 16.7. The first-order valence-electron chi connectivity index (χ1n) is 9.61. The molecule has 148 valence electrons. The summed E-state index contributed by atoms with van der Waals surface area (Å²) >= 11 is 0. The van der Waals surface area contributed by atoms with Crippen LogP contribution in [0.1, 0.15) is 58.4 Å². The first-order valence-corrected chi connectivity index (χ1v) is 9.61. The number of hydrogen-bond donors (Lipinski definition) is 2. The Bertz CT molecular complexity index is 728. The molecule has 0 unspecified atom stereocenters. The molecule has 0 atom stereocenters. The number of nitrogens with one attached hydrogen (secondary N) is 1. The number of hydrogen-bond acceptors (Lipinski definition) is 5. The number of methoxy groups -OCH3 is 1. The maximum atomic E-state index is 12.5. The first kappa shape index (κ1) is 19.5. The Kier molecular flexibility index (Phi) is 5.36. The molecular formula is C21H30N2O4. The zero-order chi connectivity index (χ0) is 19.7. The summed E-state index contributed by atoms with van der Waals surface area (Å²) in [6, 6.07) is 5.01. The minimum Gasteiger partial charge on any atom is -0.504 e. The highest BCUT2D eigenvalue weighted by atomic mass is 16.7. The number of amides is 1. The number of aromatic hydroxyl groups is 1. The van der Waals surface area contributed by atoms with Gasteiger partial charge in [-0.1, -0.05) is 32.0 Å². The Labute approximate surface area is 160 Å². The van der Waals surface area contributed by atoms with E-state index in [1.165, 1.54) is 7.11 Å². The molecule has 1 amide bonds. The Morgan fingerprint density at radius 3 is 2.70 bits per heavy atom. The quantitative estimate of drug-likeness (QED) is 0.841. The summed E-state index contributed by atoms with van der Waals surface area (Å²) in [7, 11) is 1.50. The van der Waals surface area contributed by atoms with Crippen molar-refractivity contribution in [1.82, 2.24) is 5.32 Å². The molecule has 27 heavy (non-hydrogen) atoms. The topological polar surface area (TPSA) is 80.2 Å². The Morgan fingerprint density at radius 2 is 2.07 bits per heavy atom. The molecule has 1 heterocycles. The van der Waals surface area contributed by atoms with Crippen molar-refractivity contribution in [2.45, 2.75) is 65.0 Å². The van der Waals surface area contributed by atoms with Crippen LogP contribution in [0.3, 0.4) is 0 Å². The van der Waals surface area contributed by atoms with Crippen molar-refractivity contribution >= 4 is 11.6 Å². The SMILES string of the molecule is COc1cc(CNC(=O)C2=NOC3(CCC(C(C)(C)C)CC3)C2)ccc1O. The Morgan fingerprint density at radius 1 is 1.37 bits per heavy atom. The van der Waals surface area contributed by atoms with Gasteiger partial charge in [-0.15, -0.1) is 0 Å². The average molecular weight is 374 g/mol. The van der Waals surface area contributed by atoms with Gasteiger partial charge in [0.15, 0.2) is 11.5 Å². The van der Waals surface area contributed by atoms with E-state index in [0.717, 1.165) is 31.2 Å². The van der Waals surface area contributed by atoms with Crippen LogP contribution in [0, 0.1) is 11.3 Å². The molecule has 0 aromatic heterocycles. The van der Waals surface area contributed by atoms with E-state index in [0.29, 0.717) is 35.8 Å². The molecule has 6 nitrogen and oxygen atoms in total. The van der Waals surface area contributed by atoms with Crippen LogP contribution in [0.2, 0.25) is 0 Å². The van der Waals surface area contributed by atoms with Crippen LogP contribution in [0.5, 0.6) is 11.5 Å². The standard InChI is InChI=1S/C21H30N2O4/c1-20(2,3)15-7-9-21(10-8-15)12-16(23-27-21)19(25)22-13-14-5-6-17(24)18(11-14)26-4/h5-6,11,15,24H,7-10,12-13H2,1-4H3,(H,22,25). The molecule has 3 rings (SSSR count). The first-order chi connectivity index (χ1) is 12.7. The maximum Gasteiger partial charge on any atom is 0.269 e. The van der Waals surface area contributed by atoms with E-state index in [4.69, 9.17) is 9.57 Å². The van der Waals surface area contributed by atoms with E-state index in [9.17, 15) is 9.90 Å². The molecule has 1 spiro atoms. The molecule has 2 N–H and O–H groups in total. The Balaban J connectivity index is 1.52. The van der Waals surface area contributed by atoms with E-state index in [-0.39, 0.29) is 17.3 Å². The number of benzene rings is 1. The third-order valence-electron chi connectivity index (χ3n) is 5.92. The number of ether oxygens (including phenoxy) is 1. The lowest BCUT2D eigenvalue weighted by atomic mass is 9.67. The lowest BCUT2D eigenvalue weighted by molar-refractivity contribution is -0.115. The molecule has 1 aliphatic heterocycles. The molecule has 0 saturated heterocycles. The number of phenolic OH excluding ortho intramolecular Hbond substituents is 1. The van der Waals surface area contributed by atoms with E-state index in [2.05, 4.69) is 31.2 Å². The molecule has 1 saturated carbocycles. The maximum absolute atomic E-state index is 12.5. The molecule has 0 bridgehead atoms. The van der Waals surface area contributed by atoms with Gasteiger partial charge in [-0.2, -0.15) is 0 Å². The Hall–Kier alpha value is -2.24. The summed E-state index contributed by atoms with van der Waals surface area (Å²) in [5.74, 6) is 0.956. The van der Waals surface area contributed by atoms with Crippen LogP contribution in [-0.4, -0.2) is 29.4 Å². The normalized spacial score (nSPS) is 25.0. The van der Waals surface area contributed by atoms with E-state index < -0.39 is 0 Å². The van der Waals surface area contributed by atoms with Crippen LogP contribution >= 0.6 is 0 Å². The second-order valence-electron chi connectivity index (χ2n) is 8.82. The predicted molar refractivity (Wildman–Crippen MR) is 104 cm³/mol. The number of carbonyl (C=O) groups excluding carboxylic acids is 1. The fourth-order valence-corrected chi connectivity index (χ4v) is 4.04. The largest absolute Gasteiger partial charge is 0.504 e. The number of carbonyl (C=O) groups is 1. The van der Waals surface area contributed by atoms with Crippen molar-refractivity contribution in [3.8, 4) is 11.5 Å². The minimum atomic E-state index is -0.295. The fraction of sp³-hybridized carbons (Fsp3) is 0.619. The highest BCUT2D eigenvalue weighted by molar-refractivity contribution is 6.39. The van der Waals surface area contributed by atoms with Crippen molar-refractivity contribution in [1.29, 1.82) is 0 Å². The lowest BCUT2D eigenvalue weighted by Gasteiger charge is -2.40. The molecule has 1 fully saturated rings. The highest BCUT2D eigenvalue weighted by Crippen LogP contribution is 2.46. The number of phenols is 1. The van der Waals surface area contributed by atoms with Crippen molar-refractivity contribution in [3.63, 3.8) is 0 Å². The monoisotopic (exact) mass is 374 g/mol. The van der Waals surface area contributed by atoms with Crippen LogP contribution in [0.25, 0.3) is 0 Å². The van der Waals surface area contributed by atoms with Crippen molar-refractivity contribution in [3.05, 3.63) is 23.8 Å². The van der Waals surface area contributed by atoms with Crippen LogP contribution in [-0.2, 0) is 16.2 Å². The minimum absolute atomic E-state index is 0.0777. The summed E-state index contributed by atoms with van der Waals surface area (Å²) in [4.78, 5) is 18.2. The van der Waals surface area contributed by atoms with Gasteiger partial charge in [-0.25, -0.2) is 0 Å². The number of rotatable bonds is 4. The van der Waals surface area contributed by atoms with Gasteiger partial charge in [0, 0.05) is 13.0 Å². The molecule has 2 aliphatic rings. The van der Waals surface area contributed by atoms with Gasteiger partial charge in [-0.05, 0) is 54.7 Å². The second-order valence-corrected chi connectivity index (χ2v) is 8.82. The molecule has 1 aliphatic carbocycles. The summed E-state index contributed by atoms with van der Waals surface area (Å²) < 4.78 is 5.09. The van der Waals surface area contributed by atoms with Crippen LogP contribution in [0.15, 0.2) is 23.4 Å². The summed E-state index contributed by atoms with van der Waals surface area (Å²) in [5, 5.41) is 16.6. The average Bonchev–Trinajstić information content (AvgIpc) is 3.04. The molecule has 0 radical (unpaired) electrons. The third kappa shape index (κ3) is 4.37. The summed E-state index contributed by atoms with van der Waals surface area (Å²) in [6.45, 7) is 7.21. The van der Waals surface area contributed by atoms with Gasteiger partial charge in [0.25, 0.3) is 5.91 Å². The fourth-order valence-electron chi connectivity index (χ4n) is 4.04. The lowest BCUT2D eigenvalue weighted by Crippen LogP contribution is -2.39. The third-order valence-corrected chi connectivity index (χ3v) is 5.92. The van der Waals surface area contributed by atoms with Crippen molar-refractivity contribution in [2.75, 3.05) is 7.11 Å². The predicted octanol–water partition coefficient (Wildman–Crippen LogP) is 3.77. The highest BCUT2D eigenvalue weighted by Gasteiger charge is 2.45. The summed E-state index contributed by atoms with van der Waals surface area (Å²) in [6.07, 6.45) is 4.70. The van der Waals surface area contributed by atoms with E-state index in [1.807, 2.05) is 0 Å². The van der Waals surface area contributed by atoms with Gasteiger partial charge >= 0.3 is 0 Å². The molecule has 1 aromatic rings. The zero-order valence-electron chi connectivity index (χ0n) is 16.7. The number of oxime groups is 1. The smallest absolute Gasteiger partial charge is 0.269 e. The molecule has 6 heteroatoms. The van der Waals surface area contributed by atoms with E-state index in [1.54, 1.807) is 18.2 Å². The van der Waals surface area contributed by atoms with Gasteiger partial charge < -0.3 is 20.0 Å². The summed E-state index contributed by atoms with van der Waals surface area (Å²) in [5.41, 5.74) is 1.33. The van der Waals surface area contributed by atoms with Crippen LogP contribution < -0.4 is 10.1 Å². The van der Waals surface area contributed by atoms with Gasteiger partial charge in [0.05, 0.1) is 7.11 Å². The second kappa shape index (κ2) is 7.41. The van der Waals surface area contributed by atoms with Crippen molar-refractivity contribution < 1.29 is 19.5 Å². The van der Waals surface area contributed by atoms with Gasteiger partial charge in [-0.3, -0.25) is 4.79 Å². The van der Waals surface area contributed by atoms with Gasteiger partial charge in [0.1, 0.15) is 11.3 Å².